The number of nitrogens with one attached hydrogen (secondary N) is 1. The SMILES string of the molecule is O=C(Oc1ccc(C2CCC(C(F)(F)F)CN2c2ccc3c(n2)N[C@H]2CCCN3C2)cc1)c1ncccn1. The summed E-state index contributed by atoms with van der Waals surface area (Å²) in [6, 6.07) is 12.2. The summed E-state index contributed by atoms with van der Waals surface area (Å²) >= 11 is 0. The van der Waals surface area contributed by atoms with Crippen molar-refractivity contribution >= 4 is 23.3 Å². The molecule has 0 spiro atoms. The van der Waals surface area contributed by atoms with E-state index in [4.69, 9.17) is 9.72 Å². The van der Waals surface area contributed by atoms with Crippen LogP contribution in [0.4, 0.5) is 30.5 Å². The molecule has 38 heavy (non-hydrogen) atoms. The molecule has 2 fully saturated rings. The molecule has 0 radical (unpaired) electrons. The number of benzene rings is 1. The van der Waals surface area contributed by atoms with Gasteiger partial charge in [0.1, 0.15) is 11.6 Å². The number of ether oxygens (including phenoxy) is 1. The summed E-state index contributed by atoms with van der Waals surface area (Å²) < 4.78 is 46.7. The Hall–Kier alpha value is -3.89. The van der Waals surface area contributed by atoms with Crippen molar-refractivity contribution in [3.8, 4) is 5.75 Å². The first kappa shape index (κ1) is 24.4. The van der Waals surface area contributed by atoms with Gasteiger partial charge in [-0.3, -0.25) is 0 Å². The van der Waals surface area contributed by atoms with Gasteiger partial charge in [-0.15, -0.1) is 0 Å². The van der Waals surface area contributed by atoms with Gasteiger partial charge in [0.2, 0.25) is 5.82 Å². The Balaban J connectivity index is 1.26. The molecule has 3 aliphatic rings. The molecule has 8 nitrogen and oxygen atoms in total. The number of piperidine rings is 2. The number of fused-ring (bicyclic) bond motifs is 4. The van der Waals surface area contributed by atoms with Crippen LogP contribution in [0.15, 0.2) is 54.9 Å². The number of aromatic nitrogens is 3. The highest BCUT2D eigenvalue weighted by Crippen LogP contribution is 2.44. The number of carbonyl (C=O) groups is 1. The molecule has 0 aliphatic carbocycles. The predicted octanol–water partition coefficient (Wildman–Crippen LogP) is 5.01. The number of halogens is 3. The summed E-state index contributed by atoms with van der Waals surface area (Å²) in [5, 5.41) is 3.48. The molecule has 2 aromatic heterocycles. The third kappa shape index (κ3) is 4.84. The topological polar surface area (TPSA) is 83.5 Å². The molecule has 3 aromatic rings. The van der Waals surface area contributed by atoms with E-state index in [2.05, 4.69) is 20.2 Å². The molecule has 2 saturated heterocycles. The highest BCUT2D eigenvalue weighted by atomic mass is 19.4. The lowest BCUT2D eigenvalue weighted by Crippen LogP contribution is -2.47. The van der Waals surface area contributed by atoms with Crippen LogP contribution in [-0.2, 0) is 0 Å². The van der Waals surface area contributed by atoms with Crippen LogP contribution in [0.1, 0.15) is 47.9 Å². The highest BCUT2D eigenvalue weighted by molar-refractivity contribution is 5.86. The molecule has 0 saturated carbocycles. The van der Waals surface area contributed by atoms with Crippen molar-refractivity contribution in [1.29, 1.82) is 0 Å². The first-order valence-electron chi connectivity index (χ1n) is 12.8. The van der Waals surface area contributed by atoms with E-state index < -0.39 is 18.1 Å². The van der Waals surface area contributed by atoms with E-state index >= 15 is 0 Å². The molecular weight excluding hydrogens is 497 g/mol. The van der Waals surface area contributed by atoms with Gasteiger partial charge in [-0.25, -0.2) is 19.7 Å². The summed E-state index contributed by atoms with van der Waals surface area (Å²) in [7, 11) is 0. The number of rotatable bonds is 4. The Bertz CT molecular complexity index is 1300. The minimum atomic E-state index is -4.28. The molecule has 5 heterocycles. The molecule has 6 rings (SSSR count). The Kier molecular flexibility index (Phi) is 6.29. The zero-order valence-electron chi connectivity index (χ0n) is 20.6. The fraction of sp³-hybridized carbons (Fsp3) is 0.407. The van der Waals surface area contributed by atoms with E-state index in [9.17, 15) is 18.0 Å². The molecule has 3 atom stereocenters. The van der Waals surface area contributed by atoms with Gasteiger partial charge < -0.3 is 19.9 Å². The average molecular weight is 525 g/mol. The molecule has 1 N–H and O–H groups in total. The lowest BCUT2D eigenvalue weighted by atomic mass is 9.88. The summed E-state index contributed by atoms with van der Waals surface area (Å²) in [5.74, 6) is -0.611. The molecule has 11 heteroatoms. The van der Waals surface area contributed by atoms with Crippen molar-refractivity contribution in [2.24, 2.45) is 5.92 Å². The minimum absolute atomic E-state index is 0.0335. The van der Waals surface area contributed by atoms with Gasteiger partial charge in [0, 0.05) is 38.1 Å². The molecule has 0 amide bonds. The summed E-state index contributed by atoms with van der Waals surface area (Å²) in [5.41, 5.74) is 1.83. The normalized spacial score (nSPS) is 22.9. The van der Waals surface area contributed by atoms with Crippen LogP contribution in [0, 0.1) is 5.92 Å². The number of anilines is 3. The van der Waals surface area contributed by atoms with Gasteiger partial charge >= 0.3 is 12.1 Å². The van der Waals surface area contributed by atoms with Crippen LogP contribution in [0.25, 0.3) is 0 Å². The number of nitrogens with zero attached hydrogens (tertiary/aromatic N) is 5. The van der Waals surface area contributed by atoms with Crippen LogP contribution >= 0.6 is 0 Å². The highest BCUT2D eigenvalue weighted by Gasteiger charge is 2.45. The van der Waals surface area contributed by atoms with E-state index in [0.29, 0.717) is 24.0 Å². The lowest BCUT2D eigenvalue weighted by molar-refractivity contribution is -0.177. The van der Waals surface area contributed by atoms with E-state index in [1.165, 1.54) is 12.4 Å². The van der Waals surface area contributed by atoms with Gasteiger partial charge in [0.15, 0.2) is 5.82 Å². The molecule has 3 aliphatic heterocycles. The zero-order chi connectivity index (χ0) is 26.3. The minimum Gasteiger partial charge on any atom is -0.421 e. The van der Waals surface area contributed by atoms with E-state index in [0.717, 1.165) is 43.0 Å². The van der Waals surface area contributed by atoms with Gasteiger partial charge in [0.25, 0.3) is 0 Å². The average Bonchev–Trinajstić information content (AvgIpc) is 2.93. The Morgan fingerprint density at radius 1 is 1.00 bits per heavy atom. The maximum Gasteiger partial charge on any atom is 0.393 e. The Labute approximate surface area is 217 Å². The maximum atomic E-state index is 13.8. The van der Waals surface area contributed by atoms with Crippen molar-refractivity contribution in [1.82, 2.24) is 15.0 Å². The van der Waals surface area contributed by atoms with Crippen molar-refractivity contribution in [2.45, 2.75) is 43.9 Å². The smallest absolute Gasteiger partial charge is 0.393 e. The fourth-order valence-corrected chi connectivity index (χ4v) is 5.62. The summed E-state index contributed by atoms with van der Waals surface area (Å²) in [4.78, 5) is 28.9. The van der Waals surface area contributed by atoms with Gasteiger partial charge in [-0.1, -0.05) is 12.1 Å². The third-order valence-corrected chi connectivity index (χ3v) is 7.52. The van der Waals surface area contributed by atoms with Gasteiger partial charge in [-0.05, 0) is 61.6 Å². The zero-order valence-corrected chi connectivity index (χ0v) is 20.6. The van der Waals surface area contributed by atoms with Crippen LogP contribution in [0.3, 0.4) is 0 Å². The third-order valence-electron chi connectivity index (χ3n) is 7.52. The summed E-state index contributed by atoms with van der Waals surface area (Å²) in [6.45, 7) is 1.71. The number of hydrogen-bond donors (Lipinski definition) is 1. The largest absolute Gasteiger partial charge is 0.421 e. The fourth-order valence-electron chi connectivity index (χ4n) is 5.62. The molecule has 198 valence electrons. The molecular formula is C27H27F3N6O2. The number of carbonyl (C=O) groups excluding carboxylic acids is 1. The molecule has 2 unspecified atom stereocenters. The molecule has 1 aromatic carbocycles. The number of alkyl halides is 3. The Morgan fingerprint density at radius 3 is 2.55 bits per heavy atom. The van der Waals surface area contributed by atoms with E-state index in [-0.39, 0.29) is 24.8 Å². The van der Waals surface area contributed by atoms with Crippen LogP contribution < -0.4 is 19.9 Å². The van der Waals surface area contributed by atoms with Crippen molar-refractivity contribution < 1.29 is 22.7 Å². The monoisotopic (exact) mass is 524 g/mol. The first-order valence-corrected chi connectivity index (χ1v) is 12.8. The van der Waals surface area contributed by atoms with Gasteiger partial charge in [0.05, 0.1) is 17.6 Å². The van der Waals surface area contributed by atoms with Crippen LogP contribution in [0.2, 0.25) is 0 Å². The number of esters is 1. The quantitative estimate of drug-likeness (QED) is 0.377. The number of pyridine rings is 1. The Morgan fingerprint density at radius 2 is 1.79 bits per heavy atom. The van der Waals surface area contributed by atoms with Gasteiger partial charge in [-0.2, -0.15) is 13.2 Å². The van der Waals surface area contributed by atoms with E-state index in [1.807, 2.05) is 12.1 Å². The first-order chi connectivity index (χ1) is 18.3. The maximum absolute atomic E-state index is 13.8. The van der Waals surface area contributed by atoms with Crippen molar-refractivity contribution in [3.05, 3.63) is 66.2 Å². The lowest BCUT2D eigenvalue weighted by Gasteiger charge is -2.43. The second-order valence-electron chi connectivity index (χ2n) is 9.98. The van der Waals surface area contributed by atoms with Crippen LogP contribution in [-0.4, -0.2) is 52.8 Å². The van der Waals surface area contributed by atoms with Crippen LogP contribution in [0.5, 0.6) is 5.75 Å². The van der Waals surface area contributed by atoms with Crippen molar-refractivity contribution in [2.75, 3.05) is 34.8 Å². The molecule has 2 bridgehead atoms. The van der Waals surface area contributed by atoms with E-state index in [1.54, 1.807) is 35.2 Å². The second kappa shape index (κ2) is 9.77. The number of hydrogen-bond acceptors (Lipinski definition) is 8. The van der Waals surface area contributed by atoms with Crippen molar-refractivity contribution in [3.63, 3.8) is 0 Å². The summed E-state index contributed by atoms with van der Waals surface area (Å²) in [6.07, 6.45) is 1.13. The standard InChI is InChI=1S/C27H27F3N6O2/c28-27(29,30)18-6-9-21(17-4-7-20(8-5-17)38-26(37)25-31-12-2-13-32-25)36(15-18)23-11-10-22-24(34-23)33-19-3-1-14-35(22)16-19/h2,4-5,7-8,10-13,18-19,21H,1,3,6,9,14-16H2,(H,33,34)/t18?,19-,21?/m0/s1. The predicted molar refractivity (Wildman–Crippen MR) is 135 cm³/mol. The second-order valence-corrected chi connectivity index (χ2v) is 9.98.